The van der Waals surface area contributed by atoms with Crippen LogP contribution in [0.4, 0.5) is 15.0 Å². The fraction of sp³-hybridized carbons (Fsp3) is 0.478. The quantitative estimate of drug-likeness (QED) is 0.619. The van der Waals surface area contributed by atoms with Gasteiger partial charge >= 0.3 is 6.09 Å². The minimum atomic E-state index is -1.02. The molecule has 1 aliphatic rings. The molecule has 2 amide bonds. The molecule has 33 heavy (non-hydrogen) atoms. The van der Waals surface area contributed by atoms with Gasteiger partial charge in [0.1, 0.15) is 17.9 Å². The second-order valence-electron chi connectivity index (χ2n) is 8.25. The van der Waals surface area contributed by atoms with Gasteiger partial charge in [-0.25, -0.2) is 19.2 Å². The number of amides is 2. The molecule has 2 aromatic rings. The topological polar surface area (TPSA) is 108 Å². The molecular weight excluding hydrogens is 429 g/mol. The summed E-state index contributed by atoms with van der Waals surface area (Å²) in [6.07, 6.45) is 3.52. The van der Waals surface area contributed by atoms with Crippen LogP contribution in [0.2, 0.25) is 0 Å². The minimum absolute atomic E-state index is 0.0499. The number of halogens is 1. The van der Waals surface area contributed by atoms with Gasteiger partial charge < -0.3 is 25.0 Å². The Morgan fingerprint density at radius 3 is 2.67 bits per heavy atom. The van der Waals surface area contributed by atoms with Crippen molar-refractivity contribution in [2.24, 2.45) is 5.92 Å². The lowest BCUT2D eigenvalue weighted by atomic mass is 9.97. The molecule has 1 fully saturated rings. The monoisotopic (exact) mass is 459 g/mol. The zero-order valence-electron chi connectivity index (χ0n) is 19.1. The standard InChI is InChI=1S/C23H30FN5O4/c1-4-29(15(2)3)22(30)18-11-17(24)5-6-19(18)33-20-13-25-14-27-21(20)28-9-7-16(8-10-28)12-26-23(31)32/h5-6,11,13-16,26H,4,7-10,12H2,1-3H3,(H,31,32). The molecule has 1 aromatic heterocycles. The summed E-state index contributed by atoms with van der Waals surface area (Å²) in [6, 6.07) is 3.83. The highest BCUT2D eigenvalue weighted by molar-refractivity contribution is 5.97. The SMILES string of the molecule is CCN(C(=O)c1cc(F)ccc1Oc1cncnc1N1CCC(CNC(=O)O)CC1)C(C)C. The van der Waals surface area contributed by atoms with Crippen LogP contribution in [-0.2, 0) is 0 Å². The van der Waals surface area contributed by atoms with Crippen LogP contribution in [0.15, 0.2) is 30.7 Å². The van der Waals surface area contributed by atoms with E-state index in [1.807, 2.05) is 25.7 Å². The van der Waals surface area contributed by atoms with Gasteiger partial charge in [-0.2, -0.15) is 0 Å². The van der Waals surface area contributed by atoms with Crippen molar-refractivity contribution in [1.82, 2.24) is 20.2 Å². The second kappa shape index (κ2) is 10.9. The summed E-state index contributed by atoms with van der Waals surface area (Å²) in [7, 11) is 0. The predicted molar refractivity (Wildman–Crippen MR) is 121 cm³/mol. The highest BCUT2D eigenvalue weighted by Crippen LogP contribution is 2.34. The van der Waals surface area contributed by atoms with Gasteiger partial charge in [0.25, 0.3) is 5.91 Å². The molecule has 1 aromatic carbocycles. The average molecular weight is 460 g/mol. The van der Waals surface area contributed by atoms with Crippen LogP contribution in [0.5, 0.6) is 11.5 Å². The first-order valence-electron chi connectivity index (χ1n) is 11.1. The van der Waals surface area contributed by atoms with Crippen molar-refractivity contribution < 1.29 is 23.8 Å². The van der Waals surface area contributed by atoms with Crippen molar-refractivity contribution in [3.8, 4) is 11.5 Å². The average Bonchev–Trinajstić information content (AvgIpc) is 2.79. The molecule has 0 atom stereocenters. The number of rotatable bonds is 8. The summed E-state index contributed by atoms with van der Waals surface area (Å²) in [5, 5.41) is 11.2. The van der Waals surface area contributed by atoms with Crippen LogP contribution in [0.1, 0.15) is 44.0 Å². The normalized spacial score (nSPS) is 14.3. The summed E-state index contributed by atoms with van der Waals surface area (Å²) in [5.41, 5.74) is 0.138. The number of benzene rings is 1. The Hall–Kier alpha value is -3.43. The lowest BCUT2D eigenvalue weighted by Gasteiger charge is -2.33. The molecule has 178 valence electrons. The van der Waals surface area contributed by atoms with Gasteiger partial charge in [0.15, 0.2) is 11.6 Å². The molecule has 1 aliphatic heterocycles. The van der Waals surface area contributed by atoms with Crippen LogP contribution in [0, 0.1) is 11.7 Å². The van der Waals surface area contributed by atoms with Gasteiger partial charge in [0.2, 0.25) is 0 Å². The van der Waals surface area contributed by atoms with Crippen molar-refractivity contribution in [2.75, 3.05) is 31.1 Å². The lowest BCUT2D eigenvalue weighted by Crippen LogP contribution is -2.39. The molecule has 0 unspecified atom stereocenters. The Morgan fingerprint density at radius 1 is 1.30 bits per heavy atom. The van der Waals surface area contributed by atoms with Gasteiger partial charge in [-0.3, -0.25) is 4.79 Å². The fourth-order valence-electron chi connectivity index (χ4n) is 3.98. The third-order valence-corrected chi connectivity index (χ3v) is 5.73. The summed E-state index contributed by atoms with van der Waals surface area (Å²) < 4.78 is 20.1. The molecule has 2 heterocycles. The zero-order valence-corrected chi connectivity index (χ0v) is 19.1. The number of carboxylic acid groups (broad SMARTS) is 1. The summed E-state index contributed by atoms with van der Waals surface area (Å²) in [6.45, 7) is 7.92. The number of piperidine rings is 1. The number of carbonyl (C=O) groups excluding carboxylic acids is 1. The predicted octanol–water partition coefficient (Wildman–Crippen LogP) is 3.76. The van der Waals surface area contributed by atoms with Crippen LogP contribution < -0.4 is 15.0 Å². The first-order valence-corrected chi connectivity index (χ1v) is 11.1. The van der Waals surface area contributed by atoms with Crippen LogP contribution >= 0.6 is 0 Å². The molecular formula is C23H30FN5O4. The van der Waals surface area contributed by atoms with Crippen molar-refractivity contribution in [3.05, 3.63) is 42.1 Å². The maximum Gasteiger partial charge on any atom is 0.404 e. The first kappa shape index (κ1) is 24.2. The number of nitrogens with one attached hydrogen (secondary N) is 1. The maximum atomic E-state index is 14.0. The van der Waals surface area contributed by atoms with Crippen molar-refractivity contribution >= 4 is 17.8 Å². The third kappa shape index (κ3) is 6.09. The molecule has 9 nitrogen and oxygen atoms in total. The largest absolute Gasteiger partial charge is 0.465 e. The van der Waals surface area contributed by atoms with E-state index in [1.165, 1.54) is 30.7 Å². The van der Waals surface area contributed by atoms with E-state index in [4.69, 9.17) is 9.84 Å². The molecule has 3 rings (SSSR count). The molecule has 0 aliphatic carbocycles. The van der Waals surface area contributed by atoms with Gasteiger partial charge in [-0.05, 0) is 57.7 Å². The van der Waals surface area contributed by atoms with Gasteiger partial charge in [0, 0.05) is 32.2 Å². The van der Waals surface area contributed by atoms with E-state index in [-0.39, 0.29) is 29.2 Å². The molecule has 0 saturated carbocycles. The van der Waals surface area contributed by atoms with E-state index in [1.54, 1.807) is 4.90 Å². The van der Waals surface area contributed by atoms with Gasteiger partial charge in [-0.15, -0.1) is 0 Å². The fourth-order valence-corrected chi connectivity index (χ4v) is 3.98. The summed E-state index contributed by atoms with van der Waals surface area (Å²) in [5.74, 6) is 0.596. The van der Waals surface area contributed by atoms with E-state index in [0.717, 1.165) is 12.8 Å². The maximum absolute atomic E-state index is 14.0. The Morgan fingerprint density at radius 2 is 2.03 bits per heavy atom. The number of anilines is 1. The molecule has 0 bridgehead atoms. The Bertz CT molecular complexity index is 979. The number of hydrogen-bond acceptors (Lipinski definition) is 6. The molecule has 0 spiro atoms. The number of carbonyl (C=O) groups is 2. The lowest BCUT2D eigenvalue weighted by molar-refractivity contribution is 0.0713. The van der Waals surface area contributed by atoms with Crippen LogP contribution in [-0.4, -0.2) is 64.2 Å². The molecule has 2 N–H and O–H groups in total. The Kier molecular flexibility index (Phi) is 8.02. The van der Waals surface area contributed by atoms with Crippen LogP contribution in [0.3, 0.4) is 0 Å². The smallest absolute Gasteiger partial charge is 0.404 e. The van der Waals surface area contributed by atoms with Crippen molar-refractivity contribution in [1.29, 1.82) is 0 Å². The number of nitrogens with zero attached hydrogens (tertiary/aromatic N) is 4. The molecule has 10 heteroatoms. The Labute approximate surface area is 192 Å². The van der Waals surface area contributed by atoms with E-state index < -0.39 is 11.9 Å². The van der Waals surface area contributed by atoms with E-state index >= 15 is 0 Å². The first-order chi connectivity index (χ1) is 15.8. The summed E-state index contributed by atoms with van der Waals surface area (Å²) >= 11 is 0. The zero-order chi connectivity index (χ0) is 24.0. The number of aromatic nitrogens is 2. The molecule has 1 saturated heterocycles. The third-order valence-electron chi connectivity index (χ3n) is 5.73. The number of hydrogen-bond donors (Lipinski definition) is 2. The summed E-state index contributed by atoms with van der Waals surface area (Å²) in [4.78, 5) is 36.0. The number of ether oxygens (including phenoxy) is 1. The van der Waals surface area contributed by atoms with Gasteiger partial charge in [0.05, 0.1) is 11.8 Å². The van der Waals surface area contributed by atoms with E-state index in [0.29, 0.717) is 37.7 Å². The van der Waals surface area contributed by atoms with Crippen LogP contribution in [0.25, 0.3) is 0 Å². The van der Waals surface area contributed by atoms with E-state index in [9.17, 15) is 14.0 Å². The van der Waals surface area contributed by atoms with Crippen molar-refractivity contribution in [2.45, 2.75) is 39.7 Å². The van der Waals surface area contributed by atoms with Gasteiger partial charge in [-0.1, -0.05) is 0 Å². The molecule has 0 radical (unpaired) electrons. The highest BCUT2D eigenvalue weighted by Gasteiger charge is 2.25. The van der Waals surface area contributed by atoms with Crippen molar-refractivity contribution in [3.63, 3.8) is 0 Å². The highest BCUT2D eigenvalue weighted by atomic mass is 19.1. The minimum Gasteiger partial charge on any atom is -0.465 e. The van der Waals surface area contributed by atoms with E-state index in [2.05, 4.69) is 15.3 Å². The second-order valence-corrected chi connectivity index (χ2v) is 8.25. The Balaban J connectivity index is 1.81.